The molecule has 1 heterocycles. The standard InChI is InChI=1S/C19H25F3NO4PS/c20-19(21,22)16-11-14(7-8-18(23,12-24)13-27-28-25)5-6-17(16)26-9-1-3-15-4-2-10-29-15/h2,4-6,10-11,24H,1,3,7-9,12-13,23,28H2. The number of halogens is 3. The minimum absolute atomic E-state index is 0.125. The Morgan fingerprint density at radius 2 is 2.00 bits per heavy atom. The second-order valence-electron chi connectivity index (χ2n) is 6.79. The number of alkyl halides is 3. The molecule has 0 bridgehead atoms. The first-order valence-corrected chi connectivity index (χ1v) is 10.9. The molecular weight excluding hydrogens is 426 g/mol. The van der Waals surface area contributed by atoms with E-state index in [0.29, 0.717) is 12.0 Å². The van der Waals surface area contributed by atoms with Gasteiger partial charge in [0.2, 0.25) is 0 Å². The first kappa shape index (κ1) is 23.9. The van der Waals surface area contributed by atoms with Gasteiger partial charge in [-0.05, 0) is 54.8 Å². The van der Waals surface area contributed by atoms with Crippen LogP contribution in [-0.2, 0) is 28.1 Å². The summed E-state index contributed by atoms with van der Waals surface area (Å²) in [5, 5.41) is 11.4. The molecule has 0 spiro atoms. The third-order valence-corrected chi connectivity index (χ3v) is 5.66. The van der Waals surface area contributed by atoms with Gasteiger partial charge in [0, 0.05) is 4.88 Å². The van der Waals surface area contributed by atoms with Crippen LogP contribution in [0.1, 0.15) is 28.8 Å². The van der Waals surface area contributed by atoms with Crippen LogP contribution in [-0.4, -0.2) is 30.5 Å². The molecule has 0 saturated carbocycles. The van der Waals surface area contributed by atoms with Crippen LogP contribution < -0.4 is 10.5 Å². The normalized spacial score (nSPS) is 14.4. The van der Waals surface area contributed by atoms with E-state index < -0.39 is 32.6 Å². The minimum Gasteiger partial charge on any atom is -0.493 e. The molecule has 0 aliphatic carbocycles. The molecule has 29 heavy (non-hydrogen) atoms. The van der Waals surface area contributed by atoms with Crippen LogP contribution in [0.3, 0.4) is 0 Å². The van der Waals surface area contributed by atoms with Gasteiger partial charge in [-0.3, -0.25) is 4.57 Å². The van der Waals surface area contributed by atoms with E-state index in [2.05, 4.69) is 0 Å². The number of thiophene rings is 1. The summed E-state index contributed by atoms with van der Waals surface area (Å²) in [7, 11) is -1.47. The van der Waals surface area contributed by atoms with Gasteiger partial charge in [-0.2, -0.15) is 13.2 Å². The molecule has 0 aliphatic rings. The summed E-state index contributed by atoms with van der Waals surface area (Å²) in [6.45, 7) is -0.366. The molecule has 2 atom stereocenters. The molecule has 1 aromatic heterocycles. The third kappa shape index (κ3) is 7.75. The maximum absolute atomic E-state index is 13.5. The number of nitrogens with two attached hydrogens (primary N) is 1. The maximum atomic E-state index is 13.5. The number of ether oxygens (including phenoxy) is 1. The predicted octanol–water partition coefficient (Wildman–Crippen LogP) is 4.09. The molecule has 0 saturated heterocycles. The highest BCUT2D eigenvalue weighted by molar-refractivity contribution is 7.17. The van der Waals surface area contributed by atoms with Crippen molar-refractivity contribution in [2.45, 2.75) is 37.4 Å². The van der Waals surface area contributed by atoms with Crippen molar-refractivity contribution >= 4 is 20.0 Å². The molecule has 5 nitrogen and oxygen atoms in total. The van der Waals surface area contributed by atoms with Gasteiger partial charge in [-0.25, -0.2) is 0 Å². The molecule has 1 aromatic carbocycles. The van der Waals surface area contributed by atoms with E-state index in [1.54, 1.807) is 17.4 Å². The van der Waals surface area contributed by atoms with Gasteiger partial charge >= 0.3 is 6.18 Å². The van der Waals surface area contributed by atoms with E-state index in [1.165, 1.54) is 6.07 Å². The van der Waals surface area contributed by atoms with Gasteiger partial charge < -0.3 is 20.1 Å². The van der Waals surface area contributed by atoms with E-state index >= 15 is 0 Å². The molecule has 2 unspecified atom stereocenters. The smallest absolute Gasteiger partial charge is 0.419 e. The number of aliphatic hydroxyl groups is 1. The van der Waals surface area contributed by atoms with Crippen LogP contribution in [0.4, 0.5) is 13.2 Å². The molecule has 2 aromatic rings. The fraction of sp³-hybridized carbons (Fsp3) is 0.474. The van der Waals surface area contributed by atoms with Crippen molar-refractivity contribution in [2.75, 3.05) is 19.8 Å². The molecule has 0 amide bonds. The Bertz CT molecular complexity index is 773. The van der Waals surface area contributed by atoms with Crippen molar-refractivity contribution in [3.05, 3.63) is 51.7 Å². The number of hydrogen-bond donors (Lipinski definition) is 2. The van der Waals surface area contributed by atoms with Crippen LogP contribution in [0.2, 0.25) is 0 Å². The number of benzene rings is 1. The SMILES string of the molecule is NC(CO)(CCc1ccc(OCCCc2cccs2)c(C(F)(F)F)c1)CO[PH2]=O. The Hall–Kier alpha value is -1.38. The number of rotatable bonds is 12. The summed E-state index contributed by atoms with van der Waals surface area (Å²) >= 11 is 1.60. The summed E-state index contributed by atoms with van der Waals surface area (Å²) in [4.78, 5) is 1.16. The molecule has 0 aliphatic heterocycles. The molecule has 10 heteroatoms. The van der Waals surface area contributed by atoms with Gasteiger partial charge in [0.15, 0.2) is 8.69 Å². The second-order valence-corrected chi connectivity index (χ2v) is 8.35. The van der Waals surface area contributed by atoms with Crippen molar-refractivity contribution in [3.8, 4) is 5.75 Å². The highest BCUT2D eigenvalue weighted by Gasteiger charge is 2.35. The average Bonchev–Trinajstić information content (AvgIpc) is 3.21. The van der Waals surface area contributed by atoms with Gasteiger partial charge in [0.25, 0.3) is 0 Å². The molecule has 2 rings (SSSR count). The molecule has 0 fully saturated rings. The van der Waals surface area contributed by atoms with E-state index in [0.717, 1.165) is 17.4 Å². The minimum atomic E-state index is -4.55. The Kier molecular flexibility index (Phi) is 9.17. The summed E-state index contributed by atoms with van der Waals surface area (Å²) in [6.07, 6.45) is -2.79. The topological polar surface area (TPSA) is 81.8 Å². The van der Waals surface area contributed by atoms with Crippen LogP contribution in [0.25, 0.3) is 0 Å². The lowest BCUT2D eigenvalue weighted by atomic mass is 9.93. The van der Waals surface area contributed by atoms with Gasteiger partial charge in [-0.1, -0.05) is 12.1 Å². The summed E-state index contributed by atoms with van der Waals surface area (Å²) in [5.41, 5.74) is 4.38. The summed E-state index contributed by atoms with van der Waals surface area (Å²) < 4.78 is 61.1. The van der Waals surface area contributed by atoms with Crippen molar-refractivity contribution in [1.29, 1.82) is 0 Å². The monoisotopic (exact) mass is 451 g/mol. The first-order valence-electron chi connectivity index (χ1n) is 9.08. The molecule has 0 radical (unpaired) electrons. The third-order valence-electron chi connectivity index (χ3n) is 4.42. The maximum Gasteiger partial charge on any atom is 0.419 e. The zero-order valence-corrected chi connectivity index (χ0v) is 17.8. The Morgan fingerprint density at radius 3 is 2.62 bits per heavy atom. The van der Waals surface area contributed by atoms with Crippen LogP contribution in [0, 0.1) is 0 Å². The molecule has 162 valence electrons. The number of aliphatic hydroxyl groups excluding tert-OH is 1. The van der Waals surface area contributed by atoms with E-state index in [-0.39, 0.29) is 31.8 Å². The van der Waals surface area contributed by atoms with E-state index in [4.69, 9.17) is 15.0 Å². The van der Waals surface area contributed by atoms with Crippen molar-refractivity contribution < 1.29 is 32.1 Å². The second kappa shape index (κ2) is 11.1. The fourth-order valence-corrected chi connectivity index (χ4v) is 3.90. The van der Waals surface area contributed by atoms with Gasteiger partial charge in [0.05, 0.1) is 30.9 Å². The average molecular weight is 451 g/mol. The van der Waals surface area contributed by atoms with Crippen LogP contribution in [0.15, 0.2) is 35.7 Å². The largest absolute Gasteiger partial charge is 0.493 e. The molecular formula is C19H25F3NO4PS. The fourth-order valence-electron chi connectivity index (χ4n) is 2.75. The predicted molar refractivity (Wildman–Crippen MR) is 108 cm³/mol. The van der Waals surface area contributed by atoms with Gasteiger partial charge in [0.1, 0.15) is 5.75 Å². The van der Waals surface area contributed by atoms with E-state index in [1.807, 2.05) is 17.5 Å². The number of aryl methyl sites for hydroxylation is 2. The van der Waals surface area contributed by atoms with Crippen molar-refractivity contribution in [3.63, 3.8) is 0 Å². The lowest BCUT2D eigenvalue weighted by Crippen LogP contribution is -2.47. The van der Waals surface area contributed by atoms with E-state index in [9.17, 15) is 22.8 Å². The van der Waals surface area contributed by atoms with Crippen molar-refractivity contribution in [1.82, 2.24) is 0 Å². The van der Waals surface area contributed by atoms with Gasteiger partial charge in [-0.15, -0.1) is 11.3 Å². The van der Waals surface area contributed by atoms with Crippen LogP contribution in [0.5, 0.6) is 5.75 Å². The summed E-state index contributed by atoms with van der Waals surface area (Å²) in [5.74, 6) is -0.202. The quantitative estimate of drug-likeness (QED) is 0.375. The summed E-state index contributed by atoms with van der Waals surface area (Å²) in [6, 6.07) is 7.84. The highest BCUT2D eigenvalue weighted by atomic mass is 32.1. The Balaban J connectivity index is 2.01. The zero-order valence-electron chi connectivity index (χ0n) is 15.8. The zero-order chi connectivity index (χ0) is 21.3. The Labute approximate surface area is 172 Å². The lowest BCUT2D eigenvalue weighted by Gasteiger charge is -2.26. The molecule has 3 N–H and O–H groups in total. The number of hydrogen-bond acceptors (Lipinski definition) is 6. The first-order chi connectivity index (χ1) is 13.8. The van der Waals surface area contributed by atoms with Crippen LogP contribution >= 0.6 is 20.0 Å². The Morgan fingerprint density at radius 1 is 1.21 bits per heavy atom. The van der Waals surface area contributed by atoms with Crippen molar-refractivity contribution in [2.24, 2.45) is 5.73 Å². The lowest BCUT2D eigenvalue weighted by molar-refractivity contribution is -0.139. The highest BCUT2D eigenvalue weighted by Crippen LogP contribution is 2.37.